The molecule has 1 aromatic heterocycles. The summed E-state index contributed by atoms with van der Waals surface area (Å²) in [6.07, 6.45) is 0. The van der Waals surface area contributed by atoms with Crippen LogP contribution in [0.2, 0.25) is 0 Å². The van der Waals surface area contributed by atoms with Crippen LogP contribution in [0.5, 0.6) is 0 Å². The number of thioether (sulfide) groups is 1. The van der Waals surface area contributed by atoms with E-state index in [1.165, 1.54) is 11.3 Å². The van der Waals surface area contributed by atoms with Gasteiger partial charge in [-0.05, 0) is 18.6 Å². The van der Waals surface area contributed by atoms with Crippen molar-refractivity contribution in [1.29, 1.82) is 0 Å². The van der Waals surface area contributed by atoms with Crippen molar-refractivity contribution in [2.75, 3.05) is 6.61 Å². The Morgan fingerprint density at radius 3 is 3.00 bits per heavy atom. The van der Waals surface area contributed by atoms with Crippen molar-refractivity contribution < 1.29 is 9.90 Å². The number of hydrazine groups is 1. The second kappa shape index (κ2) is 6.24. The number of nitrogen functional groups attached to an aromatic ring is 1. The van der Waals surface area contributed by atoms with Gasteiger partial charge >= 0.3 is 0 Å². The van der Waals surface area contributed by atoms with E-state index in [2.05, 4.69) is 5.43 Å². The minimum absolute atomic E-state index is 0.171. The van der Waals surface area contributed by atoms with E-state index in [0.717, 1.165) is 16.2 Å². The Kier molecular flexibility index (Phi) is 5.27. The molecule has 4 N–H and O–H groups in total. The van der Waals surface area contributed by atoms with Crippen molar-refractivity contribution in [1.82, 2.24) is 5.43 Å². The summed E-state index contributed by atoms with van der Waals surface area (Å²) < 4.78 is 0. The number of amides is 1. The first-order chi connectivity index (χ1) is 7.58. The number of nitrogens with two attached hydrogens (primary N) is 1. The highest BCUT2D eigenvalue weighted by molar-refractivity contribution is 7.99. The second-order valence-electron chi connectivity index (χ2n) is 3.47. The third kappa shape index (κ3) is 3.48. The lowest BCUT2D eigenvalue weighted by Gasteiger charge is -2.06. The Morgan fingerprint density at radius 2 is 2.44 bits per heavy atom. The molecular weight excluding hydrogens is 244 g/mol. The van der Waals surface area contributed by atoms with Crippen molar-refractivity contribution in [3.63, 3.8) is 0 Å². The molecule has 1 rings (SSSR count). The number of carbonyl (C=O) groups is 1. The van der Waals surface area contributed by atoms with Crippen molar-refractivity contribution in [3.05, 3.63) is 21.4 Å². The molecule has 6 heteroatoms. The minimum Gasteiger partial charge on any atom is -0.395 e. The quantitative estimate of drug-likeness (QED) is 0.423. The van der Waals surface area contributed by atoms with E-state index in [1.54, 1.807) is 11.8 Å². The van der Waals surface area contributed by atoms with Gasteiger partial charge < -0.3 is 5.11 Å². The van der Waals surface area contributed by atoms with Crippen molar-refractivity contribution in [2.45, 2.75) is 24.9 Å². The molecule has 0 saturated carbocycles. The molecule has 0 aromatic carbocycles. The summed E-state index contributed by atoms with van der Waals surface area (Å²) in [5, 5.41) is 9.13. The van der Waals surface area contributed by atoms with Gasteiger partial charge in [0.1, 0.15) is 0 Å². The van der Waals surface area contributed by atoms with Gasteiger partial charge in [0.05, 0.1) is 11.5 Å². The molecule has 16 heavy (non-hydrogen) atoms. The molecular formula is C10H16N2O2S2. The number of aliphatic hydroxyl groups is 1. The van der Waals surface area contributed by atoms with Crippen LogP contribution in [0.25, 0.3) is 0 Å². The molecule has 90 valence electrons. The van der Waals surface area contributed by atoms with Crippen LogP contribution in [-0.2, 0) is 5.75 Å². The molecule has 1 aromatic rings. The van der Waals surface area contributed by atoms with Crippen molar-refractivity contribution in [3.8, 4) is 0 Å². The molecule has 1 amide bonds. The van der Waals surface area contributed by atoms with Crippen LogP contribution in [0.15, 0.2) is 6.07 Å². The number of aryl methyl sites for hydroxylation is 1. The second-order valence-corrected chi connectivity index (χ2v) is 6.15. The third-order valence-corrected chi connectivity index (χ3v) is 4.44. The maximum atomic E-state index is 11.3. The van der Waals surface area contributed by atoms with E-state index in [4.69, 9.17) is 10.9 Å². The molecule has 0 bridgehead atoms. The zero-order chi connectivity index (χ0) is 12.1. The molecule has 1 unspecified atom stereocenters. The highest BCUT2D eigenvalue weighted by atomic mass is 32.2. The topological polar surface area (TPSA) is 75.4 Å². The number of aliphatic hydroxyl groups excluding tert-OH is 1. The Bertz CT molecular complexity index is 366. The molecule has 1 heterocycles. The summed E-state index contributed by atoms with van der Waals surface area (Å²) in [5.41, 5.74) is 3.26. The molecule has 0 aliphatic rings. The molecule has 0 spiro atoms. The van der Waals surface area contributed by atoms with E-state index >= 15 is 0 Å². The average molecular weight is 260 g/mol. The summed E-state index contributed by atoms with van der Waals surface area (Å²) in [6, 6.07) is 1.86. The molecule has 1 atom stereocenters. The zero-order valence-electron chi connectivity index (χ0n) is 9.32. The fourth-order valence-electron chi connectivity index (χ4n) is 1.13. The van der Waals surface area contributed by atoms with Crippen LogP contribution in [-0.4, -0.2) is 22.9 Å². The summed E-state index contributed by atoms with van der Waals surface area (Å²) in [6.45, 7) is 4.13. The van der Waals surface area contributed by atoms with Crippen LogP contribution in [0.3, 0.4) is 0 Å². The van der Waals surface area contributed by atoms with Gasteiger partial charge in [0.2, 0.25) is 0 Å². The monoisotopic (exact) mass is 260 g/mol. The van der Waals surface area contributed by atoms with E-state index in [1.807, 2.05) is 19.9 Å². The first-order valence-corrected chi connectivity index (χ1v) is 6.77. The summed E-state index contributed by atoms with van der Waals surface area (Å²) in [7, 11) is 0. The van der Waals surface area contributed by atoms with Crippen LogP contribution in [0.4, 0.5) is 0 Å². The molecule has 0 radical (unpaired) electrons. The van der Waals surface area contributed by atoms with Gasteiger partial charge in [0.25, 0.3) is 5.91 Å². The Morgan fingerprint density at radius 1 is 1.75 bits per heavy atom. The van der Waals surface area contributed by atoms with Gasteiger partial charge in [-0.15, -0.1) is 11.3 Å². The molecule has 4 nitrogen and oxygen atoms in total. The van der Waals surface area contributed by atoms with E-state index < -0.39 is 0 Å². The summed E-state index contributed by atoms with van der Waals surface area (Å²) in [4.78, 5) is 13.1. The average Bonchev–Trinajstić information content (AvgIpc) is 2.66. The fourth-order valence-corrected chi connectivity index (χ4v) is 3.04. The summed E-state index contributed by atoms with van der Waals surface area (Å²) in [5.74, 6) is 5.63. The van der Waals surface area contributed by atoms with Gasteiger partial charge in [-0.3, -0.25) is 10.2 Å². The normalized spacial score (nSPS) is 12.5. The maximum absolute atomic E-state index is 11.3. The number of nitrogens with one attached hydrogen (secondary N) is 1. The SMILES string of the molecule is Cc1sc(C(=O)NN)cc1CSC(C)CO. The van der Waals surface area contributed by atoms with E-state index in [9.17, 15) is 4.79 Å². The van der Waals surface area contributed by atoms with Gasteiger partial charge in [-0.2, -0.15) is 11.8 Å². The Hall–Kier alpha value is -0.560. The largest absolute Gasteiger partial charge is 0.395 e. The molecule has 0 fully saturated rings. The number of rotatable bonds is 5. The maximum Gasteiger partial charge on any atom is 0.275 e. The van der Waals surface area contributed by atoms with Gasteiger partial charge in [-0.1, -0.05) is 6.92 Å². The molecule has 0 aliphatic heterocycles. The predicted octanol–water partition coefficient (Wildman–Crippen LogP) is 1.27. The van der Waals surface area contributed by atoms with Gasteiger partial charge in [0, 0.05) is 15.9 Å². The first kappa shape index (κ1) is 13.5. The highest BCUT2D eigenvalue weighted by Gasteiger charge is 2.12. The van der Waals surface area contributed by atoms with E-state index in [-0.39, 0.29) is 17.8 Å². The number of carbonyl (C=O) groups excluding carboxylic acids is 1. The zero-order valence-corrected chi connectivity index (χ0v) is 11.0. The highest BCUT2D eigenvalue weighted by Crippen LogP contribution is 2.26. The third-order valence-electron chi connectivity index (χ3n) is 2.16. The molecule has 0 aliphatic carbocycles. The van der Waals surface area contributed by atoms with Crippen LogP contribution in [0, 0.1) is 6.92 Å². The van der Waals surface area contributed by atoms with Gasteiger partial charge in [0.15, 0.2) is 0 Å². The lowest BCUT2D eigenvalue weighted by Crippen LogP contribution is -2.29. The number of hydrogen-bond donors (Lipinski definition) is 3. The molecule has 0 saturated heterocycles. The number of thiophene rings is 1. The standard InChI is InChI=1S/C10H16N2O2S2/c1-6(4-13)15-5-8-3-9(10(14)12-11)16-7(8)2/h3,6,13H,4-5,11H2,1-2H3,(H,12,14). The first-order valence-electron chi connectivity index (χ1n) is 4.91. The Balaban J connectivity index is 2.67. The van der Waals surface area contributed by atoms with Crippen molar-refractivity contribution >= 4 is 29.0 Å². The van der Waals surface area contributed by atoms with Crippen LogP contribution < -0.4 is 11.3 Å². The summed E-state index contributed by atoms with van der Waals surface area (Å²) >= 11 is 3.11. The predicted molar refractivity (Wildman–Crippen MR) is 68.6 cm³/mol. The Labute approximate surface area is 103 Å². The van der Waals surface area contributed by atoms with Crippen molar-refractivity contribution in [2.24, 2.45) is 5.84 Å². The number of hydrogen-bond acceptors (Lipinski definition) is 5. The van der Waals surface area contributed by atoms with Gasteiger partial charge in [-0.25, -0.2) is 5.84 Å². The van der Waals surface area contributed by atoms with Crippen LogP contribution >= 0.6 is 23.1 Å². The smallest absolute Gasteiger partial charge is 0.275 e. The van der Waals surface area contributed by atoms with Crippen LogP contribution in [0.1, 0.15) is 27.0 Å². The fraction of sp³-hybridized carbons (Fsp3) is 0.500. The lowest BCUT2D eigenvalue weighted by atomic mass is 10.3. The lowest BCUT2D eigenvalue weighted by molar-refractivity contribution is 0.0957. The van der Waals surface area contributed by atoms with E-state index in [0.29, 0.717) is 4.88 Å². The minimum atomic E-state index is -0.250.